The third kappa shape index (κ3) is 4.18. The van der Waals surface area contributed by atoms with Gasteiger partial charge in [0, 0.05) is 25.3 Å². The van der Waals surface area contributed by atoms with E-state index in [0.717, 1.165) is 19.1 Å². The molecule has 3 aromatic rings. The predicted molar refractivity (Wildman–Crippen MR) is 120 cm³/mol. The number of nitrogens with zero attached hydrogens (tertiary/aromatic N) is 5. The molecular formula is C22H25N5O5S. The predicted octanol–water partition coefficient (Wildman–Crippen LogP) is 0.749. The molecule has 1 aliphatic heterocycles. The number of rotatable bonds is 5. The minimum atomic E-state index is -3.32. The summed E-state index contributed by atoms with van der Waals surface area (Å²) in [7, 11) is -3.32. The Morgan fingerprint density at radius 1 is 1.18 bits per heavy atom. The Kier molecular flexibility index (Phi) is 5.13. The van der Waals surface area contributed by atoms with Crippen molar-refractivity contribution in [1.29, 1.82) is 0 Å². The molecule has 5 rings (SSSR count). The molecule has 1 N–H and O–H groups in total. The Hall–Kier alpha value is -3.05. The van der Waals surface area contributed by atoms with Crippen LogP contribution in [0.3, 0.4) is 0 Å². The van der Waals surface area contributed by atoms with Gasteiger partial charge < -0.3 is 10.0 Å². The first kappa shape index (κ1) is 21.8. The number of benzene rings is 1. The molecule has 2 fully saturated rings. The van der Waals surface area contributed by atoms with Gasteiger partial charge in [0.15, 0.2) is 15.5 Å². The molecule has 1 saturated heterocycles. The molecule has 0 spiro atoms. The molecular weight excluding hydrogens is 446 g/mol. The highest BCUT2D eigenvalue weighted by atomic mass is 32.2. The van der Waals surface area contributed by atoms with Crippen molar-refractivity contribution in [2.24, 2.45) is 5.92 Å². The van der Waals surface area contributed by atoms with E-state index < -0.39 is 15.4 Å². The highest BCUT2D eigenvalue weighted by Gasteiger charge is 2.39. The second-order valence-corrected chi connectivity index (χ2v) is 11.1. The van der Waals surface area contributed by atoms with Crippen LogP contribution < -0.4 is 5.56 Å². The molecule has 1 saturated carbocycles. The minimum Gasteiger partial charge on any atom is -0.388 e. The van der Waals surface area contributed by atoms with E-state index in [0.29, 0.717) is 42.7 Å². The van der Waals surface area contributed by atoms with Gasteiger partial charge in [-0.2, -0.15) is 5.10 Å². The van der Waals surface area contributed by atoms with Crippen LogP contribution in [0.4, 0.5) is 0 Å². The van der Waals surface area contributed by atoms with Crippen molar-refractivity contribution in [2.75, 3.05) is 19.3 Å². The zero-order chi connectivity index (χ0) is 23.4. The molecule has 1 aromatic carbocycles. The largest absolute Gasteiger partial charge is 0.388 e. The third-order valence-corrected chi connectivity index (χ3v) is 7.59. The van der Waals surface area contributed by atoms with E-state index in [4.69, 9.17) is 0 Å². The summed E-state index contributed by atoms with van der Waals surface area (Å²) in [6, 6.07) is 6.18. The van der Waals surface area contributed by atoms with Crippen LogP contribution in [0.15, 0.2) is 46.5 Å². The molecule has 1 amide bonds. The lowest BCUT2D eigenvalue weighted by Crippen LogP contribution is -2.50. The highest BCUT2D eigenvalue weighted by molar-refractivity contribution is 7.90. The number of carbonyl (C=O) groups is 1. The molecule has 174 valence electrons. The summed E-state index contributed by atoms with van der Waals surface area (Å²) >= 11 is 0. The van der Waals surface area contributed by atoms with Crippen molar-refractivity contribution in [3.63, 3.8) is 0 Å². The van der Waals surface area contributed by atoms with E-state index in [-0.39, 0.29) is 28.8 Å². The van der Waals surface area contributed by atoms with Crippen LogP contribution in [0.25, 0.3) is 16.7 Å². The third-order valence-electron chi connectivity index (χ3n) is 6.46. The topological polar surface area (TPSA) is 127 Å². The van der Waals surface area contributed by atoms with Crippen LogP contribution >= 0.6 is 0 Å². The summed E-state index contributed by atoms with van der Waals surface area (Å²) in [6.07, 6.45) is 6.67. The maximum Gasteiger partial charge on any atom is 0.264 e. The first-order chi connectivity index (χ1) is 15.6. The summed E-state index contributed by atoms with van der Waals surface area (Å²) in [5.41, 5.74) is -0.478. The number of aliphatic hydroxyl groups is 1. The average molecular weight is 472 g/mol. The van der Waals surface area contributed by atoms with Gasteiger partial charge in [0.1, 0.15) is 11.7 Å². The Labute approximate surface area is 190 Å². The number of fused-ring (bicyclic) bond motifs is 1. The van der Waals surface area contributed by atoms with E-state index >= 15 is 0 Å². The summed E-state index contributed by atoms with van der Waals surface area (Å²) in [6.45, 7) is 1.06. The van der Waals surface area contributed by atoms with Gasteiger partial charge in [0.25, 0.3) is 5.56 Å². The molecule has 0 bridgehead atoms. The van der Waals surface area contributed by atoms with Crippen molar-refractivity contribution in [1.82, 2.24) is 24.2 Å². The van der Waals surface area contributed by atoms with Crippen LogP contribution in [0, 0.1) is 5.92 Å². The molecule has 2 aromatic heterocycles. The molecule has 33 heavy (non-hydrogen) atoms. The Morgan fingerprint density at radius 2 is 1.85 bits per heavy atom. The molecule has 11 heteroatoms. The van der Waals surface area contributed by atoms with Gasteiger partial charge in [0.05, 0.1) is 28.9 Å². The van der Waals surface area contributed by atoms with Crippen LogP contribution in [0.2, 0.25) is 0 Å². The average Bonchev–Trinajstić information content (AvgIpc) is 3.54. The molecule has 10 nitrogen and oxygen atoms in total. The van der Waals surface area contributed by atoms with Crippen molar-refractivity contribution in [3.05, 3.63) is 47.1 Å². The first-order valence-electron chi connectivity index (χ1n) is 10.9. The quantitative estimate of drug-likeness (QED) is 0.582. The summed E-state index contributed by atoms with van der Waals surface area (Å²) in [5.74, 6) is 0.332. The fourth-order valence-corrected chi connectivity index (χ4v) is 4.92. The Balaban J connectivity index is 1.36. The van der Waals surface area contributed by atoms with E-state index in [1.165, 1.54) is 33.9 Å². The fraction of sp³-hybridized carbons (Fsp3) is 0.455. The number of sulfone groups is 1. The smallest absolute Gasteiger partial charge is 0.264 e. The van der Waals surface area contributed by atoms with Gasteiger partial charge in [-0.3, -0.25) is 14.2 Å². The Morgan fingerprint density at radius 3 is 2.45 bits per heavy atom. The highest BCUT2D eigenvalue weighted by Crippen LogP contribution is 2.33. The molecule has 0 radical (unpaired) electrons. The van der Waals surface area contributed by atoms with E-state index in [1.54, 1.807) is 12.1 Å². The zero-order valence-electron chi connectivity index (χ0n) is 18.2. The van der Waals surface area contributed by atoms with E-state index in [9.17, 15) is 23.1 Å². The number of hydrogen-bond donors (Lipinski definition) is 1. The van der Waals surface area contributed by atoms with Crippen LogP contribution in [0.1, 0.15) is 25.7 Å². The number of hydrogen-bond acceptors (Lipinski definition) is 7. The summed E-state index contributed by atoms with van der Waals surface area (Å²) < 4.78 is 26.2. The maximum absolute atomic E-state index is 13.1. The van der Waals surface area contributed by atoms with Crippen LogP contribution in [0.5, 0.6) is 0 Å². The molecule has 3 heterocycles. The van der Waals surface area contributed by atoms with Crippen molar-refractivity contribution in [3.8, 4) is 5.69 Å². The second-order valence-electron chi connectivity index (χ2n) is 9.06. The van der Waals surface area contributed by atoms with E-state index in [2.05, 4.69) is 10.1 Å². The van der Waals surface area contributed by atoms with Gasteiger partial charge in [-0.05, 0) is 49.9 Å². The van der Waals surface area contributed by atoms with Gasteiger partial charge in [-0.25, -0.2) is 18.1 Å². The number of amides is 1. The zero-order valence-corrected chi connectivity index (χ0v) is 19.0. The van der Waals surface area contributed by atoms with Crippen molar-refractivity contribution < 1.29 is 18.3 Å². The van der Waals surface area contributed by atoms with Gasteiger partial charge in [-0.1, -0.05) is 0 Å². The molecule has 0 atom stereocenters. The van der Waals surface area contributed by atoms with Crippen LogP contribution in [-0.2, 0) is 21.2 Å². The lowest BCUT2D eigenvalue weighted by Gasteiger charge is -2.38. The summed E-state index contributed by atoms with van der Waals surface area (Å²) in [4.78, 5) is 31.7. The standard InChI is InChI=1S/C22H25N5O5S/c1-33(31,32)17-6-4-16(5-7-17)27-19-18(12-24-27)21(29)26(14-23-19)13-22(30)8-10-25(11-9-22)20(28)15-2-3-15/h4-7,12,14-15,30H,2-3,8-11,13H2,1H3. The number of aromatic nitrogens is 4. The van der Waals surface area contributed by atoms with Gasteiger partial charge in [0.2, 0.25) is 5.91 Å². The monoisotopic (exact) mass is 471 g/mol. The van der Waals surface area contributed by atoms with Crippen LogP contribution in [-0.4, -0.2) is 68.6 Å². The summed E-state index contributed by atoms with van der Waals surface area (Å²) in [5, 5.41) is 15.6. The fourth-order valence-electron chi connectivity index (χ4n) is 4.29. The molecule has 2 aliphatic rings. The number of carbonyl (C=O) groups excluding carboxylic acids is 1. The number of piperidine rings is 1. The van der Waals surface area contributed by atoms with E-state index in [1.807, 2.05) is 4.90 Å². The normalized spacial score (nSPS) is 18.5. The lowest BCUT2D eigenvalue weighted by atomic mass is 9.91. The van der Waals surface area contributed by atoms with Gasteiger partial charge in [-0.15, -0.1) is 0 Å². The second kappa shape index (κ2) is 7.77. The Bertz CT molecular complexity index is 1380. The maximum atomic E-state index is 13.1. The van der Waals surface area contributed by atoms with Crippen molar-refractivity contribution >= 4 is 26.8 Å². The van der Waals surface area contributed by atoms with Crippen molar-refractivity contribution in [2.45, 2.75) is 42.7 Å². The molecule has 1 aliphatic carbocycles. The minimum absolute atomic E-state index is 0.0917. The number of likely N-dealkylation sites (tertiary alicyclic amines) is 1. The lowest BCUT2D eigenvalue weighted by molar-refractivity contribution is -0.137. The van der Waals surface area contributed by atoms with Gasteiger partial charge >= 0.3 is 0 Å². The first-order valence-corrected chi connectivity index (χ1v) is 12.8. The SMILES string of the molecule is CS(=O)(=O)c1ccc(-n2ncc3c(=O)n(CC4(O)CCN(C(=O)C5CC5)CC4)cnc32)cc1. The molecule has 0 unspecified atom stereocenters.